The van der Waals surface area contributed by atoms with Gasteiger partial charge in [0.2, 0.25) is 5.91 Å². The molecule has 3 unspecified atom stereocenters. The molecule has 0 aromatic rings. The van der Waals surface area contributed by atoms with Crippen molar-refractivity contribution in [2.45, 2.75) is 257 Å². The smallest absolute Gasteiger partial charge is 0.391 e. The third-order valence-electron chi connectivity index (χ3n) is 11.5. The van der Waals surface area contributed by atoms with Crippen molar-refractivity contribution in [2.75, 3.05) is 40.9 Å². The van der Waals surface area contributed by atoms with E-state index < -0.39 is 20.0 Å². The van der Waals surface area contributed by atoms with E-state index in [4.69, 9.17) is 9.05 Å². The van der Waals surface area contributed by atoms with Gasteiger partial charge in [-0.15, -0.1) is 0 Å². The molecule has 1 amide bonds. The summed E-state index contributed by atoms with van der Waals surface area (Å²) in [6, 6.07) is -0.755. The Kier molecular flexibility index (Phi) is 41.0. The van der Waals surface area contributed by atoms with Gasteiger partial charge in [-0.1, -0.05) is 212 Å². The molecule has 3 N–H and O–H groups in total. The Balaban J connectivity index is 4.11. The number of likely N-dealkylation sites (N-methyl/N-ethyl adjacent to an activating group) is 1. The van der Waals surface area contributed by atoms with Gasteiger partial charge in [0, 0.05) is 6.42 Å². The Morgan fingerprint density at radius 3 is 1.33 bits per heavy atom. The van der Waals surface area contributed by atoms with Gasteiger partial charge in [-0.2, -0.15) is 0 Å². The fraction of sp³-hybridized carbons (Fsp3) is 0.939. The third-order valence-corrected chi connectivity index (χ3v) is 12.5. The second-order valence-corrected chi connectivity index (χ2v) is 20.0. The van der Waals surface area contributed by atoms with Crippen LogP contribution in [-0.2, 0) is 18.4 Å². The maximum absolute atomic E-state index is 12.9. The summed E-state index contributed by atoms with van der Waals surface area (Å²) in [5.74, 6) is -0.143. The lowest BCUT2D eigenvalue weighted by Crippen LogP contribution is -2.46. The molecule has 0 rings (SSSR count). The van der Waals surface area contributed by atoms with Crippen molar-refractivity contribution in [3.05, 3.63) is 12.2 Å². The number of allylic oxidation sites excluding steroid dienone is 2. The highest BCUT2D eigenvalue weighted by molar-refractivity contribution is 7.47. The van der Waals surface area contributed by atoms with E-state index >= 15 is 0 Å². The fourth-order valence-corrected chi connectivity index (χ4v) is 8.25. The Bertz CT molecular complexity index is 958. The van der Waals surface area contributed by atoms with E-state index in [0.29, 0.717) is 23.9 Å². The molecular weight excluding hydrogens is 744 g/mol. The molecule has 0 aromatic heterocycles. The standard InChI is InChI=1S/C49H99N2O6P/c1-6-8-10-12-14-16-18-19-20-21-22-23-24-25-26-27-28-29-30-31-33-35-37-39-41-43-49(53)50-47(46-57-58(54,55)56-45-44-51(3,4)5)48(52)42-40-38-36-34-32-17-15-13-11-9-7-2/h21-22,47-48,52H,6-20,23-46H2,1-5H3,(H-,50,53,54,55)/p+1/b22-21-. The number of nitrogens with one attached hydrogen (secondary N) is 1. The summed E-state index contributed by atoms with van der Waals surface area (Å²) in [5, 5.41) is 14.0. The van der Waals surface area contributed by atoms with Gasteiger partial charge >= 0.3 is 7.82 Å². The largest absolute Gasteiger partial charge is 0.472 e. The predicted octanol–water partition coefficient (Wildman–Crippen LogP) is 14.3. The van der Waals surface area contributed by atoms with Gasteiger partial charge < -0.3 is 19.8 Å². The molecule has 0 radical (unpaired) electrons. The van der Waals surface area contributed by atoms with Gasteiger partial charge in [0.15, 0.2) is 0 Å². The minimum Gasteiger partial charge on any atom is -0.391 e. The van der Waals surface area contributed by atoms with Gasteiger partial charge in [-0.3, -0.25) is 13.8 Å². The van der Waals surface area contributed by atoms with Gasteiger partial charge in [0.25, 0.3) is 0 Å². The van der Waals surface area contributed by atoms with E-state index in [2.05, 4.69) is 31.3 Å². The summed E-state index contributed by atoms with van der Waals surface area (Å²) >= 11 is 0. The summed E-state index contributed by atoms with van der Waals surface area (Å²) in [4.78, 5) is 23.2. The summed E-state index contributed by atoms with van der Waals surface area (Å²) in [6.45, 7) is 4.90. The first kappa shape index (κ1) is 57.2. The lowest BCUT2D eigenvalue weighted by molar-refractivity contribution is -0.870. The minimum atomic E-state index is -4.31. The molecular formula is C49H100N2O6P+. The Morgan fingerprint density at radius 2 is 0.931 bits per heavy atom. The first-order valence-corrected chi connectivity index (χ1v) is 26.5. The normalized spacial score (nSPS) is 14.3. The highest BCUT2D eigenvalue weighted by Crippen LogP contribution is 2.43. The summed E-state index contributed by atoms with van der Waals surface area (Å²) in [6.07, 6.45) is 48.2. The molecule has 0 aliphatic heterocycles. The molecule has 3 atom stereocenters. The minimum absolute atomic E-state index is 0.0769. The van der Waals surface area contributed by atoms with Crippen LogP contribution in [0.5, 0.6) is 0 Å². The molecule has 0 saturated carbocycles. The number of aliphatic hydroxyl groups is 1. The number of hydrogen-bond donors (Lipinski definition) is 3. The van der Waals surface area contributed by atoms with Crippen LogP contribution in [0.4, 0.5) is 0 Å². The number of carbonyl (C=O) groups excluding carboxylic acids is 1. The van der Waals surface area contributed by atoms with Gasteiger partial charge in [0.05, 0.1) is 39.9 Å². The molecule has 0 saturated heterocycles. The molecule has 346 valence electrons. The Morgan fingerprint density at radius 1 is 0.569 bits per heavy atom. The Hall–Kier alpha value is -0.760. The number of nitrogens with zero attached hydrogens (tertiary/aromatic N) is 1. The molecule has 0 aliphatic rings. The topological polar surface area (TPSA) is 105 Å². The lowest BCUT2D eigenvalue weighted by atomic mass is 10.0. The maximum Gasteiger partial charge on any atom is 0.472 e. The van der Waals surface area contributed by atoms with E-state index in [1.165, 1.54) is 180 Å². The van der Waals surface area contributed by atoms with Gasteiger partial charge in [0.1, 0.15) is 13.2 Å². The number of aliphatic hydroxyl groups excluding tert-OH is 1. The van der Waals surface area contributed by atoms with Crippen LogP contribution in [0.1, 0.15) is 245 Å². The first-order valence-electron chi connectivity index (χ1n) is 25.1. The van der Waals surface area contributed by atoms with E-state index in [9.17, 15) is 19.4 Å². The second kappa shape index (κ2) is 41.6. The average Bonchev–Trinajstić information content (AvgIpc) is 3.17. The zero-order valence-electron chi connectivity index (χ0n) is 39.3. The number of phosphoric ester groups is 1. The number of carbonyl (C=O) groups is 1. The molecule has 0 heterocycles. The molecule has 0 bridgehead atoms. The average molecular weight is 844 g/mol. The van der Waals surface area contributed by atoms with Crippen molar-refractivity contribution in [1.29, 1.82) is 0 Å². The zero-order chi connectivity index (χ0) is 42.8. The highest BCUT2D eigenvalue weighted by Gasteiger charge is 2.28. The number of amides is 1. The fourth-order valence-electron chi connectivity index (χ4n) is 7.51. The molecule has 58 heavy (non-hydrogen) atoms. The van der Waals surface area contributed by atoms with Gasteiger partial charge in [-0.05, 0) is 38.5 Å². The van der Waals surface area contributed by atoms with E-state index in [1.807, 2.05) is 21.1 Å². The SMILES string of the molecule is CCCCCCCCCC/C=C\CCCCCCCCCCCCCCCC(=O)NC(COP(=O)(O)OCC[N+](C)(C)C)C(O)CCCCCCCCCCCCC. The predicted molar refractivity (Wildman–Crippen MR) is 249 cm³/mol. The number of quaternary nitrogens is 1. The van der Waals surface area contributed by atoms with E-state index in [0.717, 1.165) is 38.5 Å². The van der Waals surface area contributed by atoms with E-state index in [1.54, 1.807) is 0 Å². The molecule has 0 aliphatic carbocycles. The van der Waals surface area contributed by atoms with Crippen molar-refractivity contribution in [3.8, 4) is 0 Å². The van der Waals surface area contributed by atoms with Crippen LogP contribution in [-0.4, -0.2) is 73.4 Å². The number of unbranched alkanes of at least 4 members (excludes halogenated alkanes) is 31. The maximum atomic E-state index is 12.9. The zero-order valence-corrected chi connectivity index (χ0v) is 40.2. The van der Waals surface area contributed by atoms with Gasteiger partial charge in [-0.25, -0.2) is 4.57 Å². The summed E-state index contributed by atoms with van der Waals surface area (Å²) in [5.41, 5.74) is 0. The van der Waals surface area contributed by atoms with Crippen molar-refractivity contribution >= 4 is 13.7 Å². The number of rotatable bonds is 46. The molecule has 8 nitrogen and oxygen atoms in total. The monoisotopic (exact) mass is 844 g/mol. The number of phosphoric acid groups is 1. The van der Waals surface area contributed by atoms with Crippen LogP contribution in [0.25, 0.3) is 0 Å². The van der Waals surface area contributed by atoms with Crippen LogP contribution in [0.2, 0.25) is 0 Å². The number of hydrogen-bond acceptors (Lipinski definition) is 5. The van der Waals surface area contributed by atoms with Crippen LogP contribution in [0.15, 0.2) is 12.2 Å². The third kappa shape index (κ3) is 43.3. The quantitative estimate of drug-likeness (QED) is 0.0244. The molecule has 0 aromatic carbocycles. The molecule has 9 heteroatoms. The molecule has 0 fully saturated rings. The Labute approximate surface area is 361 Å². The van der Waals surface area contributed by atoms with Crippen LogP contribution in [0, 0.1) is 0 Å². The lowest BCUT2D eigenvalue weighted by Gasteiger charge is -2.26. The van der Waals surface area contributed by atoms with Crippen molar-refractivity contribution in [1.82, 2.24) is 5.32 Å². The summed E-state index contributed by atoms with van der Waals surface area (Å²) in [7, 11) is 1.62. The van der Waals surface area contributed by atoms with Crippen molar-refractivity contribution in [3.63, 3.8) is 0 Å². The first-order chi connectivity index (χ1) is 28.0. The van der Waals surface area contributed by atoms with Crippen LogP contribution < -0.4 is 5.32 Å². The molecule has 0 spiro atoms. The van der Waals surface area contributed by atoms with Crippen LogP contribution >= 0.6 is 7.82 Å². The van der Waals surface area contributed by atoms with Crippen molar-refractivity contribution < 1.29 is 32.9 Å². The second-order valence-electron chi connectivity index (χ2n) is 18.5. The van der Waals surface area contributed by atoms with E-state index in [-0.39, 0.29) is 19.1 Å². The van der Waals surface area contributed by atoms with Crippen molar-refractivity contribution in [2.24, 2.45) is 0 Å². The summed E-state index contributed by atoms with van der Waals surface area (Å²) < 4.78 is 23.6. The highest BCUT2D eigenvalue weighted by atomic mass is 31.2. The van der Waals surface area contributed by atoms with Crippen LogP contribution in [0.3, 0.4) is 0 Å².